The fraction of sp³-hybridized carbons (Fsp3) is 1.00. The van der Waals surface area contributed by atoms with E-state index in [0.717, 1.165) is 35.3 Å². The summed E-state index contributed by atoms with van der Waals surface area (Å²) in [6, 6.07) is 0. The average Bonchev–Trinajstić information content (AvgIpc) is 2.30. The second-order valence-electron chi connectivity index (χ2n) is 3.07. The fourth-order valence-corrected chi connectivity index (χ4v) is 2.77. The Morgan fingerprint density at radius 2 is 1.00 bits per heavy atom. The Bertz CT molecular complexity index is 185. The standard InChI is InChI=1S/C9H18Br3O4P/c10-4-1-7-14-17(13,15-8-2-5-11)16-9-3-6-12/h1-9H2. The highest BCUT2D eigenvalue weighted by molar-refractivity contribution is 9.09. The zero-order valence-corrected chi connectivity index (χ0v) is 15.2. The lowest BCUT2D eigenvalue weighted by Crippen LogP contribution is -2.04. The normalized spacial score (nSPS) is 11.9. The molecule has 0 aliphatic heterocycles. The number of halogens is 3. The number of rotatable bonds is 12. The van der Waals surface area contributed by atoms with Crippen molar-refractivity contribution in [3.8, 4) is 0 Å². The van der Waals surface area contributed by atoms with E-state index in [1.54, 1.807) is 0 Å². The lowest BCUT2D eigenvalue weighted by molar-refractivity contribution is 0.114. The Morgan fingerprint density at radius 3 is 1.24 bits per heavy atom. The third kappa shape index (κ3) is 11.1. The molecule has 0 aromatic rings. The summed E-state index contributed by atoms with van der Waals surface area (Å²) in [7, 11) is -3.37. The number of phosphoric acid groups is 1. The topological polar surface area (TPSA) is 44.8 Å². The number of phosphoric ester groups is 1. The Hall–Kier alpha value is 1.55. The molecule has 0 radical (unpaired) electrons. The summed E-state index contributed by atoms with van der Waals surface area (Å²) in [5.74, 6) is 0. The van der Waals surface area contributed by atoms with Gasteiger partial charge in [-0.15, -0.1) is 0 Å². The predicted molar refractivity (Wildman–Crippen MR) is 80.7 cm³/mol. The monoisotopic (exact) mass is 458 g/mol. The molecule has 0 aromatic heterocycles. The van der Waals surface area contributed by atoms with Crippen molar-refractivity contribution >= 4 is 55.6 Å². The van der Waals surface area contributed by atoms with Gasteiger partial charge >= 0.3 is 7.82 Å². The molecule has 0 N–H and O–H groups in total. The molecule has 0 spiro atoms. The van der Waals surface area contributed by atoms with Gasteiger partial charge in [0.25, 0.3) is 0 Å². The molecule has 17 heavy (non-hydrogen) atoms. The van der Waals surface area contributed by atoms with E-state index < -0.39 is 7.82 Å². The molecule has 0 heterocycles. The van der Waals surface area contributed by atoms with Crippen molar-refractivity contribution in [3.63, 3.8) is 0 Å². The van der Waals surface area contributed by atoms with E-state index in [-0.39, 0.29) is 0 Å². The van der Waals surface area contributed by atoms with Gasteiger partial charge < -0.3 is 0 Å². The Kier molecular flexibility index (Phi) is 13.7. The SMILES string of the molecule is O=P(OCCCBr)(OCCCBr)OCCCBr. The van der Waals surface area contributed by atoms with Crippen LogP contribution in [0, 0.1) is 0 Å². The smallest absolute Gasteiger partial charge is 0.287 e. The van der Waals surface area contributed by atoms with Crippen LogP contribution in [0.1, 0.15) is 19.3 Å². The second-order valence-corrected chi connectivity index (χ2v) is 7.12. The first-order chi connectivity index (χ1) is 8.18. The Balaban J connectivity index is 4.00. The zero-order chi connectivity index (χ0) is 13.0. The Labute approximate surface area is 128 Å². The van der Waals surface area contributed by atoms with Crippen LogP contribution in [0.3, 0.4) is 0 Å². The van der Waals surface area contributed by atoms with Gasteiger partial charge in [0, 0.05) is 16.0 Å². The van der Waals surface area contributed by atoms with E-state index in [2.05, 4.69) is 47.8 Å². The lowest BCUT2D eigenvalue weighted by atomic mass is 10.5. The summed E-state index contributed by atoms with van der Waals surface area (Å²) in [6.07, 6.45) is 2.31. The molecule has 0 saturated carbocycles. The zero-order valence-electron chi connectivity index (χ0n) is 9.58. The number of hydrogen-bond acceptors (Lipinski definition) is 4. The predicted octanol–water partition coefficient (Wildman–Crippen LogP) is 4.50. The van der Waals surface area contributed by atoms with Crippen LogP contribution in [0.2, 0.25) is 0 Å². The summed E-state index contributed by atoms with van der Waals surface area (Å²) >= 11 is 9.84. The minimum Gasteiger partial charge on any atom is -0.287 e. The molecule has 0 aliphatic carbocycles. The molecule has 4 nitrogen and oxygen atoms in total. The van der Waals surface area contributed by atoms with Gasteiger partial charge in [0.05, 0.1) is 19.8 Å². The lowest BCUT2D eigenvalue weighted by Gasteiger charge is -2.17. The molecule has 0 bridgehead atoms. The first-order valence-electron chi connectivity index (χ1n) is 5.40. The maximum Gasteiger partial charge on any atom is 0.474 e. The largest absolute Gasteiger partial charge is 0.474 e. The van der Waals surface area contributed by atoms with Crippen molar-refractivity contribution < 1.29 is 18.1 Å². The van der Waals surface area contributed by atoms with E-state index in [9.17, 15) is 4.57 Å². The van der Waals surface area contributed by atoms with Gasteiger partial charge in [-0.1, -0.05) is 47.8 Å². The van der Waals surface area contributed by atoms with Gasteiger partial charge in [0.1, 0.15) is 0 Å². The molecule has 0 unspecified atom stereocenters. The van der Waals surface area contributed by atoms with Crippen LogP contribution >= 0.6 is 55.6 Å². The number of hydrogen-bond donors (Lipinski definition) is 0. The quantitative estimate of drug-likeness (QED) is 0.244. The molecule has 0 atom stereocenters. The summed E-state index contributed by atoms with van der Waals surface area (Å²) in [6.45, 7) is 1.10. The molecule has 0 aromatic carbocycles. The summed E-state index contributed by atoms with van der Waals surface area (Å²) in [5, 5.41) is 2.40. The van der Waals surface area contributed by atoms with Crippen LogP contribution in [-0.4, -0.2) is 35.8 Å². The maximum atomic E-state index is 12.1. The van der Waals surface area contributed by atoms with Crippen molar-refractivity contribution in [1.29, 1.82) is 0 Å². The van der Waals surface area contributed by atoms with Crippen molar-refractivity contribution in [2.75, 3.05) is 35.8 Å². The first-order valence-corrected chi connectivity index (χ1v) is 10.2. The summed E-state index contributed by atoms with van der Waals surface area (Å²) in [5.41, 5.74) is 0. The fourth-order valence-electron chi connectivity index (χ4n) is 0.805. The van der Waals surface area contributed by atoms with Gasteiger partial charge in [0.15, 0.2) is 0 Å². The number of alkyl halides is 3. The van der Waals surface area contributed by atoms with Crippen molar-refractivity contribution in [2.24, 2.45) is 0 Å². The summed E-state index contributed by atoms with van der Waals surface area (Å²) in [4.78, 5) is 0. The summed E-state index contributed by atoms with van der Waals surface area (Å²) < 4.78 is 27.8. The van der Waals surface area contributed by atoms with Gasteiger partial charge in [0.2, 0.25) is 0 Å². The molecular formula is C9H18Br3O4P. The maximum absolute atomic E-state index is 12.1. The van der Waals surface area contributed by atoms with Crippen molar-refractivity contribution in [3.05, 3.63) is 0 Å². The van der Waals surface area contributed by atoms with Crippen LogP contribution in [0.15, 0.2) is 0 Å². The third-order valence-electron chi connectivity index (χ3n) is 1.58. The first kappa shape index (κ1) is 18.6. The molecule has 0 aliphatic rings. The minimum atomic E-state index is -3.37. The van der Waals surface area contributed by atoms with Gasteiger partial charge in [-0.3, -0.25) is 13.6 Å². The van der Waals surface area contributed by atoms with E-state index >= 15 is 0 Å². The molecular weight excluding hydrogens is 443 g/mol. The second kappa shape index (κ2) is 12.6. The van der Waals surface area contributed by atoms with E-state index in [0.29, 0.717) is 19.8 Å². The molecule has 0 saturated heterocycles. The van der Waals surface area contributed by atoms with Gasteiger partial charge in [-0.25, -0.2) is 4.57 Å². The average molecular weight is 461 g/mol. The van der Waals surface area contributed by atoms with Crippen molar-refractivity contribution in [2.45, 2.75) is 19.3 Å². The third-order valence-corrected chi connectivity index (χ3v) is 4.76. The molecule has 0 amide bonds. The molecule has 0 fully saturated rings. The molecule has 0 rings (SSSR count). The van der Waals surface area contributed by atoms with Crippen LogP contribution < -0.4 is 0 Å². The van der Waals surface area contributed by atoms with Crippen LogP contribution in [-0.2, 0) is 18.1 Å². The molecule has 8 heteroatoms. The van der Waals surface area contributed by atoms with Gasteiger partial charge in [-0.2, -0.15) is 0 Å². The highest BCUT2D eigenvalue weighted by Gasteiger charge is 2.25. The van der Waals surface area contributed by atoms with E-state index in [1.807, 2.05) is 0 Å². The van der Waals surface area contributed by atoms with E-state index in [1.165, 1.54) is 0 Å². The van der Waals surface area contributed by atoms with Crippen LogP contribution in [0.25, 0.3) is 0 Å². The van der Waals surface area contributed by atoms with Crippen LogP contribution in [0.5, 0.6) is 0 Å². The van der Waals surface area contributed by atoms with Crippen molar-refractivity contribution in [1.82, 2.24) is 0 Å². The minimum absolute atomic E-state index is 0.366. The Morgan fingerprint density at radius 1 is 0.706 bits per heavy atom. The van der Waals surface area contributed by atoms with Gasteiger partial charge in [-0.05, 0) is 19.3 Å². The van der Waals surface area contributed by atoms with E-state index in [4.69, 9.17) is 13.6 Å². The highest BCUT2D eigenvalue weighted by atomic mass is 79.9. The highest BCUT2D eigenvalue weighted by Crippen LogP contribution is 2.49. The van der Waals surface area contributed by atoms with Crippen LogP contribution in [0.4, 0.5) is 0 Å². The molecule has 104 valence electrons.